The number of amides is 3. The molecule has 36 heavy (non-hydrogen) atoms. The Morgan fingerprint density at radius 2 is 1.81 bits per heavy atom. The van der Waals surface area contributed by atoms with Gasteiger partial charge in [-0.1, -0.05) is 18.9 Å². The lowest BCUT2D eigenvalue weighted by Gasteiger charge is -2.31. The van der Waals surface area contributed by atoms with Crippen LogP contribution in [0.25, 0.3) is 0 Å². The van der Waals surface area contributed by atoms with Gasteiger partial charge in [-0.05, 0) is 35.8 Å². The number of primary amides is 1. The number of thiophene rings is 1. The van der Waals surface area contributed by atoms with Crippen LogP contribution in [0.15, 0.2) is 35.7 Å². The highest BCUT2D eigenvalue weighted by Crippen LogP contribution is 2.38. The van der Waals surface area contributed by atoms with Crippen molar-refractivity contribution in [2.45, 2.75) is 37.8 Å². The first-order chi connectivity index (χ1) is 17.3. The van der Waals surface area contributed by atoms with E-state index in [-0.39, 0.29) is 28.2 Å². The van der Waals surface area contributed by atoms with Gasteiger partial charge in [0.1, 0.15) is 16.4 Å². The molecule has 5 N–H and O–H groups in total. The van der Waals surface area contributed by atoms with Crippen LogP contribution >= 0.6 is 22.9 Å². The molecule has 2 heterocycles. The average Bonchev–Trinajstić information content (AvgIpc) is 3.64. The lowest BCUT2D eigenvalue weighted by Crippen LogP contribution is -2.46. The minimum Gasteiger partial charge on any atom is -0.497 e. The molecule has 0 spiro atoms. The van der Waals surface area contributed by atoms with Gasteiger partial charge in [0, 0.05) is 29.1 Å². The number of carbonyl (C=O) groups is 3. The predicted molar refractivity (Wildman–Crippen MR) is 139 cm³/mol. The second-order valence-electron chi connectivity index (χ2n) is 8.29. The fraction of sp³-hybridized carbons (Fsp3) is 0.333. The van der Waals surface area contributed by atoms with E-state index in [1.807, 2.05) is 11.4 Å². The van der Waals surface area contributed by atoms with E-state index >= 15 is 0 Å². The number of methoxy groups -OCH3 is 2. The van der Waals surface area contributed by atoms with E-state index in [1.54, 1.807) is 24.3 Å². The van der Waals surface area contributed by atoms with Gasteiger partial charge in [0.15, 0.2) is 11.7 Å². The van der Waals surface area contributed by atoms with Gasteiger partial charge in [0.25, 0.3) is 11.8 Å². The minimum absolute atomic E-state index is 0.000749. The molecule has 2 aromatic heterocycles. The Balaban J connectivity index is 1.87. The standard InChI is InChI=1S/C24H27N5O5S2/c1-33-15-10-14(11-16(12-15)34-2)29(24(32)21-18(25)19(22(26)30)28-36-21)20(17-8-5-9-35-17)23(31)27-13-6-3-4-7-13/h5,8-13,20H,3-4,6-7,25H2,1-2H3,(H2,26,30)(H,27,31)/t20-/m0/s1. The maximum Gasteiger partial charge on any atom is 0.273 e. The van der Waals surface area contributed by atoms with Crippen LogP contribution in [-0.2, 0) is 4.79 Å². The molecule has 3 aromatic rings. The van der Waals surface area contributed by atoms with E-state index in [4.69, 9.17) is 20.9 Å². The van der Waals surface area contributed by atoms with Gasteiger partial charge in [-0.3, -0.25) is 19.3 Å². The molecule has 1 aliphatic carbocycles. The van der Waals surface area contributed by atoms with E-state index < -0.39 is 17.9 Å². The van der Waals surface area contributed by atoms with Crippen LogP contribution < -0.4 is 31.2 Å². The number of nitrogens with two attached hydrogens (primary N) is 2. The summed E-state index contributed by atoms with van der Waals surface area (Å²) in [6, 6.07) is 7.56. The molecule has 0 radical (unpaired) electrons. The van der Waals surface area contributed by atoms with Gasteiger partial charge in [-0.25, -0.2) is 0 Å². The lowest BCUT2D eigenvalue weighted by molar-refractivity contribution is -0.123. The Bertz CT molecular complexity index is 1230. The summed E-state index contributed by atoms with van der Waals surface area (Å²) in [4.78, 5) is 41.6. The number of ether oxygens (including phenoxy) is 2. The minimum atomic E-state index is -1.02. The fourth-order valence-corrected chi connectivity index (χ4v) is 5.78. The Kier molecular flexibility index (Phi) is 7.75. The summed E-state index contributed by atoms with van der Waals surface area (Å²) in [6.07, 6.45) is 3.84. The first-order valence-electron chi connectivity index (χ1n) is 11.3. The zero-order chi connectivity index (χ0) is 25.8. The normalized spacial score (nSPS) is 14.3. The zero-order valence-electron chi connectivity index (χ0n) is 19.9. The van der Waals surface area contributed by atoms with Crippen LogP contribution in [0.4, 0.5) is 11.4 Å². The third-order valence-electron chi connectivity index (χ3n) is 6.01. The van der Waals surface area contributed by atoms with Crippen LogP contribution in [0.1, 0.15) is 56.8 Å². The van der Waals surface area contributed by atoms with Crippen LogP contribution in [0.3, 0.4) is 0 Å². The average molecular weight is 530 g/mol. The number of hydrogen-bond acceptors (Lipinski definition) is 9. The van der Waals surface area contributed by atoms with Gasteiger partial charge in [-0.2, -0.15) is 4.37 Å². The number of anilines is 2. The van der Waals surface area contributed by atoms with Crippen molar-refractivity contribution in [1.29, 1.82) is 0 Å². The molecule has 10 nitrogen and oxygen atoms in total. The number of benzene rings is 1. The first kappa shape index (κ1) is 25.5. The molecule has 1 fully saturated rings. The molecular formula is C24H27N5O5S2. The Morgan fingerprint density at radius 3 is 2.33 bits per heavy atom. The number of rotatable bonds is 9. The summed E-state index contributed by atoms with van der Waals surface area (Å²) in [5.74, 6) is -0.909. The molecule has 0 bridgehead atoms. The molecule has 1 saturated carbocycles. The number of nitrogens with one attached hydrogen (secondary N) is 1. The van der Waals surface area contributed by atoms with Crippen molar-refractivity contribution >= 4 is 52.0 Å². The summed E-state index contributed by atoms with van der Waals surface area (Å²) in [6.45, 7) is 0. The molecule has 1 aliphatic rings. The molecule has 3 amide bonds. The number of nitrogen functional groups attached to an aromatic ring is 1. The molecule has 4 rings (SSSR count). The van der Waals surface area contributed by atoms with Crippen molar-refractivity contribution in [3.63, 3.8) is 0 Å². The number of aromatic nitrogens is 1. The number of carbonyl (C=O) groups excluding carboxylic acids is 3. The van der Waals surface area contributed by atoms with E-state index in [0.29, 0.717) is 22.1 Å². The van der Waals surface area contributed by atoms with Gasteiger partial charge in [0.2, 0.25) is 5.91 Å². The summed E-state index contributed by atoms with van der Waals surface area (Å²) in [5, 5.41) is 4.95. The zero-order valence-corrected chi connectivity index (χ0v) is 21.5. The maximum absolute atomic E-state index is 14.1. The molecular weight excluding hydrogens is 502 g/mol. The van der Waals surface area contributed by atoms with Crippen LogP contribution in [0, 0.1) is 0 Å². The Morgan fingerprint density at radius 1 is 1.14 bits per heavy atom. The topological polar surface area (TPSA) is 150 Å². The summed E-state index contributed by atoms with van der Waals surface area (Å²) >= 11 is 2.11. The number of hydrogen-bond donors (Lipinski definition) is 3. The highest BCUT2D eigenvalue weighted by Gasteiger charge is 2.38. The first-order valence-corrected chi connectivity index (χ1v) is 12.9. The molecule has 1 atom stereocenters. The molecule has 0 unspecified atom stereocenters. The monoisotopic (exact) mass is 529 g/mol. The van der Waals surface area contributed by atoms with Gasteiger partial charge >= 0.3 is 0 Å². The molecule has 0 saturated heterocycles. The van der Waals surface area contributed by atoms with Crippen molar-refractivity contribution in [1.82, 2.24) is 9.69 Å². The Labute approximate surface area is 216 Å². The van der Waals surface area contributed by atoms with Crippen LogP contribution in [-0.4, -0.2) is 42.4 Å². The Hall–Kier alpha value is -3.64. The largest absolute Gasteiger partial charge is 0.497 e. The highest BCUT2D eigenvalue weighted by molar-refractivity contribution is 7.10. The second-order valence-corrected chi connectivity index (χ2v) is 10.0. The van der Waals surface area contributed by atoms with Crippen molar-refractivity contribution in [2.75, 3.05) is 24.9 Å². The molecule has 0 aliphatic heterocycles. The van der Waals surface area contributed by atoms with Crippen LogP contribution in [0.2, 0.25) is 0 Å². The predicted octanol–water partition coefficient (Wildman–Crippen LogP) is 3.35. The van der Waals surface area contributed by atoms with Crippen LogP contribution in [0.5, 0.6) is 11.5 Å². The van der Waals surface area contributed by atoms with Gasteiger partial charge < -0.3 is 26.3 Å². The van der Waals surface area contributed by atoms with E-state index in [0.717, 1.165) is 37.2 Å². The lowest BCUT2D eigenvalue weighted by atomic mass is 10.1. The smallest absolute Gasteiger partial charge is 0.273 e. The number of nitrogens with zero attached hydrogens (tertiary/aromatic N) is 2. The van der Waals surface area contributed by atoms with Gasteiger partial charge in [-0.15, -0.1) is 11.3 Å². The summed E-state index contributed by atoms with van der Waals surface area (Å²) in [5.41, 5.74) is 11.5. The quantitative estimate of drug-likeness (QED) is 0.385. The third-order valence-corrected chi connectivity index (χ3v) is 7.79. The summed E-state index contributed by atoms with van der Waals surface area (Å²) < 4.78 is 14.8. The molecule has 12 heteroatoms. The van der Waals surface area contributed by atoms with E-state index in [9.17, 15) is 14.4 Å². The molecule has 1 aromatic carbocycles. The second kappa shape index (κ2) is 11.0. The van der Waals surface area contributed by atoms with Crippen molar-refractivity contribution in [2.24, 2.45) is 5.73 Å². The molecule has 190 valence electrons. The van der Waals surface area contributed by atoms with Crippen molar-refractivity contribution in [3.05, 3.63) is 51.2 Å². The third kappa shape index (κ3) is 5.14. The SMILES string of the molecule is COc1cc(OC)cc(N(C(=O)c2snc(C(N)=O)c2N)[C@H](C(=O)NC2CCCC2)c2cccs2)c1. The van der Waals surface area contributed by atoms with Crippen molar-refractivity contribution < 1.29 is 23.9 Å². The maximum atomic E-state index is 14.1. The summed E-state index contributed by atoms with van der Waals surface area (Å²) in [7, 11) is 2.99. The van der Waals surface area contributed by atoms with E-state index in [1.165, 1.54) is 30.5 Å². The highest BCUT2D eigenvalue weighted by atomic mass is 32.1. The van der Waals surface area contributed by atoms with Gasteiger partial charge in [0.05, 0.1) is 25.6 Å². The van der Waals surface area contributed by atoms with Crippen molar-refractivity contribution in [3.8, 4) is 11.5 Å². The van der Waals surface area contributed by atoms with E-state index in [2.05, 4.69) is 9.69 Å². The fourth-order valence-electron chi connectivity index (χ4n) is 4.22.